The first kappa shape index (κ1) is 11.2. The third kappa shape index (κ3) is 2.07. The van der Waals surface area contributed by atoms with Crippen molar-refractivity contribution in [3.8, 4) is 0 Å². The van der Waals surface area contributed by atoms with E-state index in [0.717, 1.165) is 31.8 Å². The lowest BCUT2D eigenvalue weighted by Crippen LogP contribution is -2.33. The van der Waals surface area contributed by atoms with Gasteiger partial charge in [0, 0.05) is 32.9 Å². The van der Waals surface area contributed by atoms with E-state index in [0.29, 0.717) is 23.7 Å². The lowest BCUT2D eigenvalue weighted by molar-refractivity contribution is 0.373. The first-order chi connectivity index (χ1) is 8.72. The van der Waals surface area contributed by atoms with Crippen LogP contribution in [0.1, 0.15) is 36.4 Å². The number of aryl methyl sites for hydroxylation is 2. The predicted octanol–water partition coefficient (Wildman–Crippen LogP) is 1.45. The molecule has 3 heterocycles. The van der Waals surface area contributed by atoms with Gasteiger partial charge in [-0.2, -0.15) is 4.98 Å². The minimum Gasteiger partial charge on any atom is -0.408 e. The number of hydrogen-bond acceptors (Lipinski definition) is 7. The maximum Gasteiger partial charge on any atom is 0.318 e. The fourth-order valence-electron chi connectivity index (χ4n) is 2.22. The highest BCUT2D eigenvalue weighted by atomic mass is 16.5. The summed E-state index contributed by atoms with van der Waals surface area (Å²) in [6, 6.07) is 0.607. The van der Waals surface area contributed by atoms with E-state index < -0.39 is 0 Å². The molecule has 1 fully saturated rings. The molecule has 0 atom stereocenters. The molecule has 7 heteroatoms. The van der Waals surface area contributed by atoms with Crippen molar-refractivity contribution < 1.29 is 8.94 Å². The van der Waals surface area contributed by atoms with Crippen molar-refractivity contribution in [2.24, 2.45) is 0 Å². The lowest BCUT2D eigenvalue weighted by Gasteiger charge is -2.28. The Morgan fingerprint density at radius 3 is 2.44 bits per heavy atom. The molecular weight excluding hydrogens is 234 g/mol. The third-order valence-electron chi connectivity index (χ3n) is 3.19. The van der Waals surface area contributed by atoms with Crippen molar-refractivity contribution in [1.29, 1.82) is 0 Å². The molecule has 2 aromatic heterocycles. The van der Waals surface area contributed by atoms with Gasteiger partial charge in [-0.25, -0.2) is 0 Å². The fourth-order valence-corrected chi connectivity index (χ4v) is 2.22. The van der Waals surface area contributed by atoms with Gasteiger partial charge in [-0.15, -0.1) is 5.10 Å². The smallest absolute Gasteiger partial charge is 0.318 e. The van der Waals surface area contributed by atoms with Crippen LogP contribution in [-0.4, -0.2) is 33.4 Å². The molecule has 7 nitrogen and oxygen atoms in total. The van der Waals surface area contributed by atoms with E-state index in [1.54, 1.807) is 6.92 Å². The number of rotatable bonds is 2. The molecule has 0 aliphatic carbocycles. The summed E-state index contributed by atoms with van der Waals surface area (Å²) in [5, 5.41) is 11.9. The summed E-state index contributed by atoms with van der Waals surface area (Å²) in [5.74, 6) is 2.40. The van der Waals surface area contributed by atoms with E-state index >= 15 is 0 Å². The SMILES string of the molecule is Cc1nc(C2CCN(c3nnc(C)o3)CC2)no1. The van der Waals surface area contributed by atoms with Crippen LogP contribution in [0.3, 0.4) is 0 Å². The quantitative estimate of drug-likeness (QED) is 0.796. The van der Waals surface area contributed by atoms with Gasteiger partial charge in [-0.05, 0) is 12.8 Å². The second-order valence-electron chi connectivity index (χ2n) is 4.54. The molecule has 1 aliphatic rings. The minimum atomic E-state index is 0.364. The van der Waals surface area contributed by atoms with Crippen LogP contribution in [0.25, 0.3) is 0 Å². The summed E-state index contributed by atoms with van der Waals surface area (Å²) in [4.78, 5) is 6.39. The van der Waals surface area contributed by atoms with Gasteiger partial charge >= 0.3 is 6.01 Å². The Balaban J connectivity index is 1.64. The summed E-state index contributed by atoms with van der Waals surface area (Å²) in [5.41, 5.74) is 0. The maximum atomic E-state index is 5.42. The van der Waals surface area contributed by atoms with Crippen LogP contribution >= 0.6 is 0 Å². The van der Waals surface area contributed by atoms with Gasteiger partial charge in [0.15, 0.2) is 5.82 Å². The lowest BCUT2D eigenvalue weighted by atomic mass is 9.96. The van der Waals surface area contributed by atoms with Gasteiger partial charge in [0.05, 0.1) is 0 Å². The predicted molar refractivity (Wildman–Crippen MR) is 62.3 cm³/mol. The second kappa shape index (κ2) is 4.40. The zero-order chi connectivity index (χ0) is 12.5. The average Bonchev–Trinajstić information content (AvgIpc) is 2.98. The molecule has 3 rings (SSSR count). The molecule has 1 aliphatic heterocycles. The molecule has 0 amide bonds. The zero-order valence-corrected chi connectivity index (χ0v) is 10.5. The minimum absolute atomic E-state index is 0.364. The topological polar surface area (TPSA) is 81.1 Å². The van der Waals surface area contributed by atoms with Gasteiger partial charge in [-0.3, -0.25) is 0 Å². The zero-order valence-electron chi connectivity index (χ0n) is 10.5. The van der Waals surface area contributed by atoms with Gasteiger partial charge in [-0.1, -0.05) is 10.3 Å². The van der Waals surface area contributed by atoms with Crippen LogP contribution in [0.4, 0.5) is 6.01 Å². The van der Waals surface area contributed by atoms with Gasteiger partial charge in [0.25, 0.3) is 0 Å². The molecule has 0 bridgehead atoms. The van der Waals surface area contributed by atoms with Crippen LogP contribution in [0.15, 0.2) is 8.94 Å². The molecule has 0 spiro atoms. The maximum absolute atomic E-state index is 5.42. The molecule has 0 aromatic carbocycles. The molecule has 0 N–H and O–H groups in total. The van der Waals surface area contributed by atoms with Crippen LogP contribution in [0.5, 0.6) is 0 Å². The highest BCUT2D eigenvalue weighted by molar-refractivity contribution is 5.25. The third-order valence-corrected chi connectivity index (χ3v) is 3.19. The molecular formula is C11H15N5O2. The van der Waals surface area contributed by atoms with Crippen LogP contribution in [-0.2, 0) is 0 Å². The van der Waals surface area contributed by atoms with Crippen molar-refractivity contribution in [1.82, 2.24) is 20.3 Å². The monoisotopic (exact) mass is 249 g/mol. The molecule has 96 valence electrons. The van der Waals surface area contributed by atoms with Gasteiger partial charge < -0.3 is 13.8 Å². The fraction of sp³-hybridized carbons (Fsp3) is 0.636. The van der Waals surface area contributed by atoms with Gasteiger partial charge in [0.2, 0.25) is 11.8 Å². The van der Waals surface area contributed by atoms with E-state index in [9.17, 15) is 0 Å². The van der Waals surface area contributed by atoms with E-state index in [1.807, 2.05) is 6.92 Å². The van der Waals surface area contributed by atoms with Crippen LogP contribution in [0.2, 0.25) is 0 Å². The highest BCUT2D eigenvalue weighted by Crippen LogP contribution is 2.28. The average molecular weight is 249 g/mol. The van der Waals surface area contributed by atoms with E-state index in [-0.39, 0.29) is 0 Å². The highest BCUT2D eigenvalue weighted by Gasteiger charge is 2.26. The van der Waals surface area contributed by atoms with Crippen molar-refractivity contribution in [2.75, 3.05) is 18.0 Å². The summed E-state index contributed by atoms with van der Waals surface area (Å²) in [6.45, 7) is 5.36. The number of piperidine rings is 1. The second-order valence-corrected chi connectivity index (χ2v) is 4.54. The molecule has 0 unspecified atom stereocenters. The summed E-state index contributed by atoms with van der Waals surface area (Å²) in [7, 11) is 0. The van der Waals surface area contributed by atoms with E-state index in [4.69, 9.17) is 8.94 Å². The number of anilines is 1. The Bertz CT molecular complexity index is 479. The Morgan fingerprint density at radius 2 is 1.89 bits per heavy atom. The molecule has 0 radical (unpaired) electrons. The Morgan fingerprint density at radius 1 is 1.11 bits per heavy atom. The van der Waals surface area contributed by atoms with Crippen molar-refractivity contribution in [2.45, 2.75) is 32.6 Å². The molecule has 18 heavy (non-hydrogen) atoms. The normalized spacial score (nSPS) is 17.3. The van der Waals surface area contributed by atoms with Crippen molar-refractivity contribution in [3.05, 3.63) is 17.6 Å². The number of aromatic nitrogens is 4. The Hall–Kier alpha value is -1.92. The molecule has 2 aromatic rings. The number of nitrogens with zero attached hydrogens (tertiary/aromatic N) is 5. The van der Waals surface area contributed by atoms with Crippen LogP contribution < -0.4 is 4.90 Å². The Labute approximate surface area is 104 Å². The molecule has 0 saturated carbocycles. The van der Waals surface area contributed by atoms with Gasteiger partial charge in [0.1, 0.15) is 0 Å². The summed E-state index contributed by atoms with van der Waals surface area (Å²) < 4.78 is 10.4. The largest absolute Gasteiger partial charge is 0.408 e. The molecule has 1 saturated heterocycles. The summed E-state index contributed by atoms with van der Waals surface area (Å²) >= 11 is 0. The standard InChI is InChI=1S/C11H15N5O2/c1-7-12-10(15-18-7)9-3-5-16(6-4-9)11-14-13-8(2)17-11/h9H,3-6H2,1-2H3. The summed E-state index contributed by atoms with van der Waals surface area (Å²) in [6.07, 6.45) is 1.95. The number of hydrogen-bond donors (Lipinski definition) is 0. The van der Waals surface area contributed by atoms with E-state index in [1.165, 1.54) is 0 Å². The first-order valence-electron chi connectivity index (χ1n) is 6.07. The van der Waals surface area contributed by atoms with E-state index in [2.05, 4.69) is 25.2 Å². The van der Waals surface area contributed by atoms with Crippen molar-refractivity contribution in [3.63, 3.8) is 0 Å². The Kier molecular flexibility index (Phi) is 2.73. The first-order valence-corrected chi connectivity index (χ1v) is 6.07. The van der Waals surface area contributed by atoms with Crippen molar-refractivity contribution >= 4 is 6.01 Å². The van der Waals surface area contributed by atoms with Crippen LogP contribution in [0, 0.1) is 13.8 Å².